The lowest BCUT2D eigenvalue weighted by molar-refractivity contribution is -0.138. The molecule has 0 unspecified atom stereocenters. The molecule has 0 fully saturated rings. The van der Waals surface area contributed by atoms with Crippen LogP contribution < -0.4 is 10.6 Å². The topological polar surface area (TPSA) is 93.8 Å². The van der Waals surface area contributed by atoms with Crippen molar-refractivity contribution < 1.29 is 40.3 Å². The molecule has 0 aliphatic heterocycles. The molecule has 6 rings (SSSR count). The highest BCUT2D eigenvalue weighted by atomic mass is 127. The SMILES string of the molecule is Cc1cc(I)ccc1Cn1ccc(NC(=O)c2c(F)cccc2F)n1.O=C(Nc1ccn(Cc2ccc(Cl)cc2C(F)(F)F)n1)c1c(F)cccc1F. The van der Waals surface area contributed by atoms with Crippen LogP contribution in [0.25, 0.3) is 0 Å². The maximum absolute atomic E-state index is 13.6. The predicted molar refractivity (Wildman–Crippen MR) is 192 cm³/mol. The minimum atomic E-state index is -4.60. The summed E-state index contributed by atoms with van der Waals surface area (Å²) >= 11 is 7.89. The molecule has 53 heavy (non-hydrogen) atoms. The van der Waals surface area contributed by atoms with Crippen LogP contribution in [0.4, 0.5) is 42.4 Å². The van der Waals surface area contributed by atoms with Crippen LogP contribution in [0.3, 0.4) is 0 Å². The van der Waals surface area contributed by atoms with Crippen LogP contribution in [0, 0.1) is 33.8 Å². The molecule has 17 heteroatoms. The van der Waals surface area contributed by atoms with Crippen molar-refractivity contribution in [1.82, 2.24) is 19.6 Å². The zero-order chi connectivity index (χ0) is 38.4. The molecule has 0 saturated carbocycles. The van der Waals surface area contributed by atoms with Gasteiger partial charge in [0, 0.05) is 33.1 Å². The quantitative estimate of drug-likeness (QED) is 0.118. The number of aryl methyl sites for hydroxylation is 1. The number of halogens is 9. The number of carbonyl (C=O) groups is 2. The summed E-state index contributed by atoms with van der Waals surface area (Å²) in [7, 11) is 0. The van der Waals surface area contributed by atoms with E-state index in [0.717, 1.165) is 55.8 Å². The largest absolute Gasteiger partial charge is 0.416 e. The molecular formula is C36H25ClF7IN6O2. The highest BCUT2D eigenvalue weighted by molar-refractivity contribution is 14.1. The van der Waals surface area contributed by atoms with Crippen molar-refractivity contribution >= 4 is 57.6 Å². The van der Waals surface area contributed by atoms with Crippen LogP contribution in [-0.2, 0) is 19.3 Å². The number of benzene rings is 4. The fourth-order valence-corrected chi connectivity index (χ4v) is 5.78. The average molecular weight is 869 g/mol. The van der Waals surface area contributed by atoms with E-state index in [-0.39, 0.29) is 28.8 Å². The van der Waals surface area contributed by atoms with Gasteiger partial charge in [-0.15, -0.1) is 0 Å². The first-order chi connectivity index (χ1) is 25.1. The molecule has 0 saturated heterocycles. The summed E-state index contributed by atoms with van der Waals surface area (Å²) in [5.74, 6) is -5.70. The Kier molecular flexibility index (Phi) is 12.2. The first-order valence-corrected chi connectivity index (χ1v) is 16.7. The molecule has 0 aliphatic carbocycles. The van der Waals surface area contributed by atoms with Gasteiger partial charge in [0.1, 0.15) is 34.4 Å². The van der Waals surface area contributed by atoms with Gasteiger partial charge < -0.3 is 10.6 Å². The zero-order valence-electron chi connectivity index (χ0n) is 27.2. The lowest BCUT2D eigenvalue weighted by Crippen LogP contribution is -2.16. The fraction of sp³-hybridized carbons (Fsp3) is 0.111. The van der Waals surface area contributed by atoms with Gasteiger partial charge in [-0.25, -0.2) is 17.6 Å². The maximum Gasteiger partial charge on any atom is 0.416 e. The number of amides is 2. The van der Waals surface area contributed by atoms with E-state index in [1.54, 1.807) is 16.9 Å². The number of anilines is 2. The van der Waals surface area contributed by atoms with Gasteiger partial charge in [-0.1, -0.05) is 35.9 Å². The Bertz CT molecular complexity index is 2250. The van der Waals surface area contributed by atoms with Crippen molar-refractivity contribution in [2.75, 3.05) is 10.6 Å². The van der Waals surface area contributed by atoms with Crippen molar-refractivity contribution in [3.63, 3.8) is 0 Å². The highest BCUT2D eigenvalue weighted by Gasteiger charge is 2.33. The van der Waals surface area contributed by atoms with E-state index in [9.17, 15) is 40.3 Å². The number of nitrogens with one attached hydrogen (secondary N) is 2. The summed E-state index contributed by atoms with van der Waals surface area (Å²) in [6.07, 6.45) is -1.58. The van der Waals surface area contributed by atoms with Gasteiger partial charge in [0.25, 0.3) is 11.8 Å². The Morgan fingerprint density at radius 1 is 0.698 bits per heavy atom. The fourth-order valence-electron chi connectivity index (χ4n) is 4.96. The Morgan fingerprint density at radius 3 is 1.60 bits per heavy atom. The Labute approximate surface area is 315 Å². The van der Waals surface area contributed by atoms with E-state index in [1.807, 2.05) is 19.1 Å². The third-order valence-corrected chi connectivity index (χ3v) is 8.40. The molecule has 0 radical (unpaired) electrons. The molecule has 0 bridgehead atoms. The summed E-state index contributed by atoms with van der Waals surface area (Å²) in [6, 6.07) is 18.6. The van der Waals surface area contributed by atoms with Gasteiger partial charge in [0.2, 0.25) is 0 Å². The molecule has 4 aromatic carbocycles. The molecule has 6 aromatic rings. The molecule has 2 amide bonds. The van der Waals surface area contributed by atoms with Gasteiger partial charge in [-0.2, -0.15) is 23.4 Å². The average Bonchev–Trinajstić information content (AvgIpc) is 3.71. The minimum absolute atomic E-state index is 0.0589. The maximum atomic E-state index is 13.6. The third-order valence-electron chi connectivity index (χ3n) is 7.49. The monoisotopic (exact) mass is 868 g/mol. The molecule has 274 valence electrons. The number of aromatic nitrogens is 4. The first-order valence-electron chi connectivity index (χ1n) is 15.3. The molecule has 0 spiro atoms. The second-order valence-electron chi connectivity index (χ2n) is 11.3. The van der Waals surface area contributed by atoms with Crippen LogP contribution in [0.15, 0.2) is 97.3 Å². The number of rotatable bonds is 8. The second kappa shape index (κ2) is 16.6. The van der Waals surface area contributed by atoms with Crippen LogP contribution in [-0.4, -0.2) is 31.4 Å². The van der Waals surface area contributed by atoms with Crippen LogP contribution >= 0.6 is 34.2 Å². The summed E-state index contributed by atoms with van der Waals surface area (Å²) < 4.78 is 98.0. The first kappa shape index (κ1) is 39.0. The Balaban J connectivity index is 0.000000206. The number of carbonyl (C=O) groups excluding carboxylic acids is 2. The lowest BCUT2D eigenvalue weighted by Gasteiger charge is -2.13. The van der Waals surface area contributed by atoms with Gasteiger partial charge in [-0.3, -0.25) is 19.0 Å². The number of nitrogens with zero attached hydrogens (tertiary/aromatic N) is 4. The van der Waals surface area contributed by atoms with Gasteiger partial charge in [0.05, 0.1) is 18.7 Å². The van der Waals surface area contributed by atoms with Crippen molar-refractivity contribution in [1.29, 1.82) is 0 Å². The van der Waals surface area contributed by atoms with E-state index >= 15 is 0 Å². The second-order valence-corrected chi connectivity index (χ2v) is 13.0. The van der Waals surface area contributed by atoms with Gasteiger partial charge in [0.15, 0.2) is 11.6 Å². The van der Waals surface area contributed by atoms with Gasteiger partial charge >= 0.3 is 6.18 Å². The molecule has 2 aromatic heterocycles. The van der Waals surface area contributed by atoms with Crippen molar-refractivity contribution in [3.8, 4) is 0 Å². The summed E-state index contributed by atoms with van der Waals surface area (Å²) in [5.41, 5.74) is -0.157. The smallest absolute Gasteiger partial charge is 0.305 e. The van der Waals surface area contributed by atoms with Crippen molar-refractivity contribution in [2.24, 2.45) is 0 Å². The summed E-state index contributed by atoms with van der Waals surface area (Å²) in [4.78, 5) is 24.1. The van der Waals surface area contributed by atoms with E-state index in [0.29, 0.717) is 6.54 Å². The standard InChI is InChI=1S/C18H11ClF5N3O.C18H14F2IN3O/c19-11-5-4-10(12(8-11)18(22,23)24)9-27-7-6-15(26-27)25-17(28)16-13(20)2-1-3-14(16)21;1-11-9-13(21)6-5-12(11)10-24-8-7-16(23-24)22-18(25)17-14(19)3-2-4-15(17)20/h1-8H,9H2,(H,25,26,28);2-9H,10H2,1H3,(H,22,23,25). The molecule has 8 nitrogen and oxygen atoms in total. The van der Waals surface area contributed by atoms with Gasteiger partial charge in [-0.05, 0) is 94.7 Å². The normalized spacial score (nSPS) is 11.1. The number of hydrogen-bond donors (Lipinski definition) is 2. The molecule has 0 aliphatic rings. The van der Waals surface area contributed by atoms with E-state index in [2.05, 4.69) is 49.5 Å². The lowest BCUT2D eigenvalue weighted by atomic mass is 10.1. The molecular weight excluding hydrogens is 844 g/mol. The summed E-state index contributed by atoms with van der Waals surface area (Å²) in [5, 5.41) is 12.7. The van der Waals surface area contributed by atoms with E-state index in [1.165, 1.54) is 30.5 Å². The number of alkyl halides is 3. The predicted octanol–water partition coefficient (Wildman–Crippen LogP) is 9.51. The molecule has 0 atom stereocenters. The van der Waals surface area contributed by atoms with Crippen LogP contribution in [0.5, 0.6) is 0 Å². The summed E-state index contributed by atoms with van der Waals surface area (Å²) in [6.45, 7) is 2.30. The van der Waals surface area contributed by atoms with E-state index in [4.69, 9.17) is 11.6 Å². The van der Waals surface area contributed by atoms with Crippen LogP contribution in [0.2, 0.25) is 5.02 Å². The van der Waals surface area contributed by atoms with Crippen LogP contribution in [0.1, 0.15) is 43.0 Å². The minimum Gasteiger partial charge on any atom is -0.305 e. The van der Waals surface area contributed by atoms with Crippen molar-refractivity contribution in [3.05, 3.63) is 163 Å². The highest BCUT2D eigenvalue weighted by Crippen LogP contribution is 2.34. The zero-order valence-corrected chi connectivity index (χ0v) is 30.1. The van der Waals surface area contributed by atoms with E-state index < -0.39 is 57.9 Å². The molecule has 2 N–H and O–H groups in total. The Morgan fingerprint density at radius 2 is 1.15 bits per heavy atom. The van der Waals surface area contributed by atoms with Crippen molar-refractivity contribution in [2.45, 2.75) is 26.2 Å². The molecule has 2 heterocycles. The number of hydrogen-bond acceptors (Lipinski definition) is 4. The third kappa shape index (κ3) is 10.0. The Hall–Kier alpha value is -5.23.